The second-order valence-electron chi connectivity index (χ2n) is 6.38. The third-order valence-electron chi connectivity index (χ3n) is 5.01. The molecule has 1 fully saturated rings. The lowest BCUT2D eigenvalue weighted by Crippen LogP contribution is -2.34. The highest BCUT2D eigenvalue weighted by atomic mass is 16.2. The van der Waals surface area contributed by atoms with Crippen LogP contribution in [0.4, 0.5) is 0 Å². The minimum atomic E-state index is 0.0977. The van der Waals surface area contributed by atoms with Gasteiger partial charge in [0.1, 0.15) is 5.69 Å². The maximum absolute atomic E-state index is 12.8. The zero-order chi connectivity index (χ0) is 15.7. The summed E-state index contributed by atoms with van der Waals surface area (Å²) < 4.78 is 2.16. The van der Waals surface area contributed by atoms with Gasteiger partial charge < -0.3 is 9.88 Å². The molecular formula is C19H26N2O. The summed E-state index contributed by atoms with van der Waals surface area (Å²) in [5.41, 5.74) is 4.46. The fraction of sp³-hybridized carbons (Fsp3) is 0.526. The molecule has 3 nitrogen and oxygen atoms in total. The standard InChI is InChI=1S/C19H26N2O/c1-4-14-10-11-17-16(12-14)13(3)18(21(17)5-2)19(22)20-15-8-6-7-9-15/h10-12,15H,4-9H2,1-3H3,(H,20,22). The highest BCUT2D eigenvalue weighted by Gasteiger charge is 2.23. The number of fused-ring (bicyclic) bond motifs is 1. The minimum absolute atomic E-state index is 0.0977. The minimum Gasteiger partial charge on any atom is -0.348 e. The first kappa shape index (κ1) is 15.1. The SMILES string of the molecule is CCc1ccc2c(c1)c(C)c(C(=O)NC1CCCC1)n2CC. The number of nitrogens with zero attached hydrogens (tertiary/aromatic N) is 1. The molecule has 22 heavy (non-hydrogen) atoms. The van der Waals surface area contributed by atoms with Crippen LogP contribution in [0, 0.1) is 6.92 Å². The maximum atomic E-state index is 12.8. The molecular weight excluding hydrogens is 272 g/mol. The van der Waals surface area contributed by atoms with Crippen LogP contribution in [0.3, 0.4) is 0 Å². The molecule has 1 heterocycles. The molecule has 0 spiro atoms. The number of rotatable bonds is 4. The molecule has 1 aromatic heterocycles. The molecule has 0 saturated heterocycles. The third kappa shape index (κ3) is 2.53. The Hall–Kier alpha value is -1.77. The van der Waals surface area contributed by atoms with E-state index in [1.807, 2.05) is 0 Å². The predicted molar refractivity (Wildman–Crippen MR) is 91.4 cm³/mol. The van der Waals surface area contributed by atoms with Gasteiger partial charge in [-0.2, -0.15) is 0 Å². The van der Waals surface area contributed by atoms with E-state index in [2.05, 4.69) is 48.9 Å². The van der Waals surface area contributed by atoms with Crippen molar-refractivity contribution in [3.05, 3.63) is 35.0 Å². The summed E-state index contributed by atoms with van der Waals surface area (Å²) in [6, 6.07) is 6.94. The van der Waals surface area contributed by atoms with Gasteiger partial charge in [0.2, 0.25) is 0 Å². The lowest BCUT2D eigenvalue weighted by atomic mass is 10.1. The molecule has 118 valence electrons. The van der Waals surface area contributed by atoms with Gasteiger partial charge in [0.25, 0.3) is 5.91 Å². The Labute approximate surface area is 132 Å². The van der Waals surface area contributed by atoms with Gasteiger partial charge >= 0.3 is 0 Å². The Morgan fingerprint density at radius 1 is 1.27 bits per heavy atom. The van der Waals surface area contributed by atoms with Crippen molar-refractivity contribution in [2.24, 2.45) is 0 Å². The lowest BCUT2D eigenvalue weighted by molar-refractivity contribution is 0.0928. The fourth-order valence-corrected chi connectivity index (χ4v) is 3.73. The van der Waals surface area contributed by atoms with Crippen LogP contribution in [0.5, 0.6) is 0 Å². The molecule has 0 radical (unpaired) electrons. The van der Waals surface area contributed by atoms with Crippen LogP contribution in [-0.2, 0) is 13.0 Å². The molecule has 1 aliphatic rings. The summed E-state index contributed by atoms with van der Waals surface area (Å²) in [4.78, 5) is 12.8. The molecule has 1 aliphatic carbocycles. The normalized spacial score (nSPS) is 15.6. The Morgan fingerprint density at radius 3 is 2.64 bits per heavy atom. The van der Waals surface area contributed by atoms with Crippen LogP contribution in [-0.4, -0.2) is 16.5 Å². The van der Waals surface area contributed by atoms with E-state index in [1.54, 1.807) is 0 Å². The van der Waals surface area contributed by atoms with Crippen LogP contribution in [0.25, 0.3) is 10.9 Å². The Bertz CT molecular complexity index is 693. The van der Waals surface area contributed by atoms with E-state index in [9.17, 15) is 4.79 Å². The summed E-state index contributed by atoms with van der Waals surface area (Å²) in [5.74, 6) is 0.0977. The number of hydrogen-bond donors (Lipinski definition) is 1. The highest BCUT2D eigenvalue weighted by Crippen LogP contribution is 2.28. The zero-order valence-corrected chi connectivity index (χ0v) is 13.9. The average Bonchev–Trinajstić information content (AvgIpc) is 3.13. The van der Waals surface area contributed by atoms with Gasteiger partial charge in [-0.3, -0.25) is 4.79 Å². The van der Waals surface area contributed by atoms with E-state index in [0.717, 1.165) is 37.1 Å². The quantitative estimate of drug-likeness (QED) is 0.901. The number of hydrogen-bond acceptors (Lipinski definition) is 1. The summed E-state index contributed by atoms with van der Waals surface area (Å²) in [6.45, 7) is 7.18. The first-order chi connectivity index (χ1) is 10.7. The largest absolute Gasteiger partial charge is 0.348 e. The molecule has 1 saturated carbocycles. The molecule has 1 N–H and O–H groups in total. The number of nitrogens with one attached hydrogen (secondary N) is 1. The molecule has 0 aliphatic heterocycles. The molecule has 1 amide bonds. The van der Waals surface area contributed by atoms with Gasteiger partial charge in [-0.25, -0.2) is 0 Å². The van der Waals surface area contributed by atoms with Crippen LogP contribution < -0.4 is 5.32 Å². The van der Waals surface area contributed by atoms with Gasteiger partial charge in [-0.1, -0.05) is 25.8 Å². The number of carbonyl (C=O) groups excluding carboxylic acids is 1. The van der Waals surface area contributed by atoms with E-state index in [-0.39, 0.29) is 5.91 Å². The van der Waals surface area contributed by atoms with Crippen LogP contribution >= 0.6 is 0 Å². The van der Waals surface area contributed by atoms with Crippen LogP contribution in [0.2, 0.25) is 0 Å². The fourth-order valence-electron chi connectivity index (χ4n) is 3.73. The average molecular weight is 298 g/mol. The smallest absolute Gasteiger partial charge is 0.268 e. The van der Waals surface area contributed by atoms with E-state index in [4.69, 9.17) is 0 Å². The second kappa shape index (κ2) is 6.15. The second-order valence-corrected chi connectivity index (χ2v) is 6.38. The number of carbonyl (C=O) groups is 1. The van der Waals surface area contributed by atoms with E-state index < -0.39 is 0 Å². The monoisotopic (exact) mass is 298 g/mol. The first-order valence-corrected chi connectivity index (χ1v) is 8.58. The molecule has 0 bridgehead atoms. The van der Waals surface area contributed by atoms with Gasteiger partial charge in [0.05, 0.1) is 0 Å². The molecule has 3 heteroatoms. The Morgan fingerprint density at radius 2 is 2.00 bits per heavy atom. The number of benzene rings is 1. The van der Waals surface area contributed by atoms with Crippen LogP contribution in [0.1, 0.15) is 61.1 Å². The Kier molecular flexibility index (Phi) is 4.23. The van der Waals surface area contributed by atoms with Crippen molar-refractivity contribution in [3.8, 4) is 0 Å². The van der Waals surface area contributed by atoms with Gasteiger partial charge in [-0.15, -0.1) is 0 Å². The van der Waals surface area contributed by atoms with Crippen molar-refractivity contribution >= 4 is 16.8 Å². The van der Waals surface area contributed by atoms with Gasteiger partial charge in [-0.05, 0) is 56.4 Å². The summed E-state index contributed by atoms with van der Waals surface area (Å²) in [5, 5.41) is 4.46. The highest BCUT2D eigenvalue weighted by molar-refractivity contribution is 6.02. The van der Waals surface area contributed by atoms with Crippen molar-refractivity contribution in [2.45, 2.75) is 65.5 Å². The molecule has 0 unspecified atom stereocenters. The maximum Gasteiger partial charge on any atom is 0.268 e. The predicted octanol–water partition coefficient (Wildman–Crippen LogP) is 4.20. The van der Waals surface area contributed by atoms with Crippen molar-refractivity contribution in [1.82, 2.24) is 9.88 Å². The molecule has 0 atom stereocenters. The molecule has 2 aromatic rings. The topological polar surface area (TPSA) is 34.0 Å². The van der Waals surface area contributed by atoms with Gasteiger partial charge in [0, 0.05) is 23.5 Å². The van der Waals surface area contributed by atoms with Crippen molar-refractivity contribution in [1.29, 1.82) is 0 Å². The third-order valence-corrected chi connectivity index (χ3v) is 5.01. The number of aryl methyl sites for hydroxylation is 3. The molecule has 1 aromatic carbocycles. The molecule has 3 rings (SSSR count). The number of aromatic nitrogens is 1. The van der Waals surface area contributed by atoms with Crippen molar-refractivity contribution in [3.63, 3.8) is 0 Å². The van der Waals surface area contributed by atoms with Crippen molar-refractivity contribution in [2.75, 3.05) is 0 Å². The lowest BCUT2D eigenvalue weighted by Gasteiger charge is -2.14. The summed E-state index contributed by atoms with van der Waals surface area (Å²) in [7, 11) is 0. The van der Waals surface area contributed by atoms with E-state index >= 15 is 0 Å². The van der Waals surface area contributed by atoms with Crippen LogP contribution in [0.15, 0.2) is 18.2 Å². The first-order valence-electron chi connectivity index (χ1n) is 8.58. The number of amides is 1. The van der Waals surface area contributed by atoms with E-state index in [1.165, 1.54) is 29.3 Å². The zero-order valence-electron chi connectivity index (χ0n) is 13.9. The Balaban J connectivity index is 2.03. The van der Waals surface area contributed by atoms with Gasteiger partial charge in [0.15, 0.2) is 0 Å². The summed E-state index contributed by atoms with van der Waals surface area (Å²) >= 11 is 0. The van der Waals surface area contributed by atoms with E-state index in [0.29, 0.717) is 6.04 Å². The summed E-state index contributed by atoms with van der Waals surface area (Å²) in [6.07, 6.45) is 5.74. The van der Waals surface area contributed by atoms with Crippen molar-refractivity contribution < 1.29 is 4.79 Å².